The summed E-state index contributed by atoms with van der Waals surface area (Å²) in [5.41, 5.74) is 3.25. The van der Waals surface area contributed by atoms with Crippen molar-refractivity contribution in [1.29, 1.82) is 0 Å². The molecule has 0 aliphatic heterocycles. The Labute approximate surface area is 126 Å². The first-order chi connectivity index (χ1) is 10.1. The summed E-state index contributed by atoms with van der Waals surface area (Å²) >= 11 is 0. The second-order valence-electron chi connectivity index (χ2n) is 5.40. The van der Waals surface area contributed by atoms with Crippen LogP contribution < -0.4 is 10.6 Å². The standard InChI is InChI=1S/C18H22N2O/c1-14(2)19-13-18(21)20-17-11-7-6-10-16(17)12-15-8-4-3-5-9-15/h3-11,14,19H,12-13H2,1-2H3,(H,20,21). The molecule has 0 saturated heterocycles. The van der Waals surface area contributed by atoms with Gasteiger partial charge < -0.3 is 10.6 Å². The van der Waals surface area contributed by atoms with Gasteiger partial charge in [-0.1, -0.05) is 62.4 Å². The summed E-state index contributed by atoms with van der Waals surface area (Å²) in [6.45, 7) is 4.38. The normalized spacial score (nSPS) is 10.6. The summed E-state index contributed by atoms with van der Waals surface area (Å²) in [4.78, 5) is 11.9. The monoisotopic (exact) mass is 282 g/mol. The first-order valence-corrected chi connectivity index (χ1v) is 7.30. The second kappa shape index (κ2) is 7.60. The highest BCUT2D eigenvalue weighted by molar-refractivity contribution is 5.93. The lowest BCUT2D eigenvalue weighted by Crippen LogP contribution is -2.32. The maximum absolute atomic E-state index is 11.9. The predicted octanol–water partition coefficient (Wildman–Crippen LogP) is 3.21. The van der Waals surface area contributed by atoms with Gasteiger partial charge in [-0.2, -0.15) is 0 Å². The molecule has 0 saturated carbocycles. The number of rotatable bonds is 6. The molecule has 0 radical (unpaired) electrons. The molecule has 0 unspecified atom stereocenters. The number of hydrogen-bond donors (Lipinski definition) is 2. The van der Waals surface area contributed by atoms with Crippen LogP contribution >= 0.6 is 0 Å². The predicted molar refractivity (Wildman–Crippen MR) is 87.5 cm³/mol. The van der Waals surface area contributed by atoms with Crippen LogP contribution in [0.5, 0.6) is 0 Å². The van der Waals surface area contributed by atoms with Crippen molar-refractivity contribution in [2.45, 2.75) is 26.3 Å². The Morgan fingerprint density at radius 2 is 1.67 bits per heavy atom. The summed E-state index contributed by atoms with van der Waals surface area (Å²) in [5.74, 6) is -0.00999. The number of benzene rings is 2. The average molecular weight is 282 g/mol. The fourth-order valence-corrected chi connectivity index (χ4v) is 2.10. The Hall–Kier alpha value is -2.13. The van der Waals surface area contributed by atoms with Crippen molar-refractivity contribution >= 4 is 11.6 Å². The number of amides is 1. The highest BCUT2D eigenvalue weighted by atomic mass is 16.1. The molecule has 2 N–H and O–H groups in total. The van der Waals surface area contributed by atoms with Crippen molar-refractivity contribution in [3.63, 3.8) is 0 Å². The van der Waals surface area contributed by atoms with Crippen LogP contribution in [0.1, 0.15) is 25.0 Å². The van der Waals surface area contributed by atoms with E-state index in [1.807, 2.05) is 50.2 Å². The minimum Gasteiger partial charge on any atom is -0.325 e. The molecule has 2 aromatic rings. The highest BCUT2D eigenvalue weighted by Gasteiger charge is 2.07. The van der Waals surface area contributed by atoms with E-state index in [9.17, 15) is 4.79 Å². The van der Waals surface area contributed by atoms with Gasteiger partial charge in [-0.05, 0) is 23.6 Å². The zero-order valence-electron chi connectivity index (χ0n) is 12.6. The van der Waals surface area contributed by atoms with Crippen molar-refractivity contribution < 1.29 is 4.79 Å². The van der Waals surface area contributed by atoms with Crippen molar-refractivity contribution in [1.82, 2.24) is 5.32 Å². The van der Waals surface area contributed by atoms with E-state index in [0.29, 0.717) is 12.6 Å². The molecule has 3 heteroatoms. The van der Waals surface area contributed by atoms with E-state index in [-0.39, 0.29) is 5.91 Å². The van der Waals surface area contributed by atoms with E-state index in [4.69, 9.17) is 0 Å². The van der Waals surface area contributed by atoms with Gasteiger partial charge in [0, 0.05) is 11.7 Å². The molecule has 21 heavy (non-hydrogen) atoms. The topological polar surface area (TPSA) is 41.1 Å². The van der Waals surface area contributed by atoms with E-state index < -0.39 is 0 Å². The first-order valence-electron chi connectivity index (χ1n) is 7.30. The van der Waals surface area contributed by atoms with Gasteiger partial charge in [-0.3, -0.25) is 4.79 Å². The van der Waals surface area contributed by atoms with Crippen LogP contribution in [0.15, 0.2) is 54.6 Å². The molecule has 2 aromatic carbocycles. The van der Waals surface area contributed by atoms with Gasteiger partial charge in [-0.15, -0.1) is 0 Å². The van der Waals surface area contributed by atoms with Crippen LogP contribution in [0, 0.1) is 0 Å². The summed E-state index contributed by atoms with van der Waals surface area (Å²) < 4.78 is 0. The quantitative estimate of drug-likeness (QED) is 0.854. The SMILES string of the molecule is CC(C)NCC(=O)Nc1ccccc1Cc1ccccc1. The van der Waals surface area contributed by atoms with Crippen LogP contribution in [0.25, 0.3) is 0 Å². The number of para-hydroxylation sites is 1. The summed E-state index contributed by atoms with van der Waals surface area (Å²) in [5, 5.41) is 6.11. The van der Waals surface area contributed by atoms with Crippen LogP contribution in [0.2, 0.25) is 0 Å². The van der Waals surface area contributed by atoms with Crippen molar-refractivity contribution in [3.8, 4) is 0 Å². The Morgan fingerprint density at radius 1 is 1.00 bits per heavy atom. The van der Waals surface area contributed by atoms with Crippen LogP contribution in [0.3, 0.4) is 0 Å². The van der Waals surface area contributed by atoms with Gasteiger partial charge in [0.2, 0.25) is 5.91 Å². The molecule has 0 heterocycles. The molecule has 110 valence electrons. The zero-order chi connectivity index (χ0) is 15.1. The third kappa shape index (κ3) is 5.04. The lowest BCUT2D eigenvalue weighted by atomic mass is 10.0. The number of carbonyl (C=O) groups is 1. The molecule has 0 aliphatic carbocycles. The number of anilines is 1. The third-order valence-electron chi connectivity index (χ3n) is 3.20. The average Bonchev–Trinajstić information content (AvgIpc) is 2.48. The molecule has 2 rings (SSSR count). The van der Waals surface area contributed by atoms with Gasteiger partial charge in [0.05, 0.1) is 6.54 Å². The van der Waals surface area contributed by atoms with Crippen molar-refractivity contribution in [3.05, 3.63) is 65.7 Å². The molecular weight excluding hydrogens is 260 g/mol. The highest BCUT2D eigenvalue weighted by Crippen LogP contribution is 2.18. The fraction of sp³-hybridized carbons (Fsp3) is 0.278. The van der Waals surface area contributed by atoms with E-state index in [2.05, 4.69) is 28.8 Å². The summed E-state index contributed by atoms with van der Waals surface area (Å²) in [6.07, 6.45) is 0.814. The van der Waals surface area contributed by atoms with Gasteiger partial charge >= 0.3 is 0 Å². The van der Waals surface area contributed by atoms with E-state index in [1.54, 1.807) is 0 Å². The molecule has 0 fully saturated rings. The molecule has 3 nitrogen and oxygen atoms in total. The number of carbonyl (C=O) groups excluding carboxylic acids is 1. The second-order valence-corrected chi connectivity index (χ2v) is 5.40. The van der Waals surface area contributed by atoms with Crippen LogP contribution in [0.4, 0.5) is 5.69 Å². The smallest absolute Gasteiger partial charge is 0.238 e. The number of nitrogens with one attached hydrogen (secondary N) is 2. The van der Waals surface area contributed by atoms with Crippen molar-refractivity contribution in [2.24, 2.45) is 0 Å². The van der Waals surface area contributed by atoms with Gasteiger partial charge in [-0.25, -0.2) is 0 Å². The Kier molecular flexibility index (Phi) is 5.52. The molecule has 0 aromatic heterocycles. The minimum atomic E-state index is -0.00999. The van der Waals surface area contributed by atoms with Crippen LogP contribution in [-0.2, 0) is 11.2 Å². The maximum atomic E-state index is 11.9. The number of hydrogen-bond acceptors (Lipinski definition) is 2. The van der Waals surface area contributed by atoms with Crippen LogP contribution in [-0.4, -0.2) is 18.5 Å². The molecule has 0 spiro atoms. The summed E-state index contributed by atoms with van der Waals surface area (Å²) in [6, 6.07) is 18.5. The van der Waals surface area contributed by atoms with Crippen molar-refractivity contribution in [2.75, 3.05) is 11.9 Å². The largest absolute Gasteiger partial charge is 0.325 e. The lowest BCUT2D eigenvalue weighted by Gasteiger charge is -2.12. The lowest BCUT2D eigenvalue weighted by molar-refractivity contribution is -0.115. The van der Waals surface area contributed by atoms with E-state index >= 15 is 0 Å². The first kappa shape index (κ1) is 15.3. The van der Waals surface area contributed by atoms with E-state index in [1.165, 1.54) is 5.56 Å². The molecule has 0 bridgehead atoms. The Morgan fingerprint density at radius 3 is 2.38 bits per heavy atom. The minimum absolute atomic E-state index is 0.00999. The third-order valence-corrected chi connectivity index (χ3v) is 3.20. The van der Waals surface area contributed by atoms with Gasteiger partial charge in [0.1, 0.15) is 0 Å². The Balaban J connectivity index is 2.05. The summed E-state index contributed by atoms with van der Waals surface area (Å²) in [7, 11) is 0. The molecule has 1 amide bonds. The Bertz CT molecular complexity index is 579. The molecule has 0 aliphatic rings. The van der Waals surface area contributed by atoms with Gasteiger partial charge in [0.15, 0.2) is 0 Å². The van der Waals surface area contributed by atoms with Gasteiger partial charge in [0.25, 0.3) is 0 Å². The maximum Gasteiger partial charge on any atom is 0.238 e. The fourth-order valence-electron chi connectivity index (χ4n) is 2.10. The van der Waals surface area contributed by atoms with E-state index in [0.717, 1.165) is 17.7 Å². The molecule has 0 atom stereocenters. The zero-order valence-corrected chi connectivity index (χ0v) is 12.6. The molecular formula is C18H22N2O.